The second kappa shape index (κ2) is 4.67. The summed E-state index contributed by atoms with van der Waals surface area (Å²) in [5, 5.41) is 0. The van der Waals surface area contributed by atoms with E-state index in [-0.39, 0.29) is 5.56 Å². The van der Waals surface area contributed by atoms with E-state index in [0.717, 1.165) is 5.56 Å². The summed E-state index contributed by atoms with van der Waals surface area (Å²) in [6, 6.07) is 6.19. The van der Waals surface area contributed by atoms with E-state index in [9.17, 15) is 18.0 Å². The number of ether oxygens (including phenoxy) is 1. The third-order valence-electron chi connectivity index (χ3n) is 3.20. The molecule has 0 atom stereocenters. The summed E-state index contributed by atoms with van der Waals surface area (Å²) in [6.45, 7) is 0.548. The minimum Gasteiger partial charge on any atom is -0.493 e. The molecule has 0 saturated heterocycles. The first-order valence-corrected chi connectivity index (χ1v) is 6.01. The lowest BCUT2D eigenvalue weighted by atomic mass is 10.00. The van der Waals surface area contributed by atoms with Crippen molar-refractivity contribution in [3.8, 4) is 5.75 Å². The summed E-state index contributed by atoms with van der Waals surface area (Å²) < 4.78 is 44.5. The maximum absolute atomic E-state index is 13.1. The molecule has 20 heavy (non-hydrogen) atoms. The molecular formula is C15H9F3O2. The summed E-state index contributed by atoms with van der Waals surface area (Å²) in [4.78, 5) is 12.2. The Hall–Kier alpha value is -2.30. The summed E-state index contributed by atoms with van der Waals surface area (Å²) in [5.41, 5.74) is 0.943. The van der Waals surface area contributed by atoms with Crippen LogP contribution in [0.15, 0.2) is 30.3 Å². The molecule has 0 N–H and O–H groups in total. The van der Waals surface area contributed by atoms with Crippen molar-refractivity contribution in [1.29, 1.82) is 0 Å². The first-order valence-electron chi connectivity index (χ1n) is 6.01. The van der Waals surface area contributed by atoms with Crippen LogP contribution < -0.4 is 4.74 Å². The molecule has 0 amide bonds. The molecule has 5 heteroatoms. The number of fused-ring (bicyclic) bond motifs is 1. The monoisotopic (exact) mass is 278 g/mol. The molecule has 0 radical (unpaired) electrons. The Bertz CT molecular complexity index is 687. The highest BCUT2D eigenvalue weighted by atomic mass is 19.2. The largest absolute Gasteiger partial charge is 0.493 e. The van der Waals surface area contributed by atoms with E-state index in [0.29, 0.717) is 36.5 Å². The van der Waals surface area contributed by atoms with Crippen molar-refractivity contribution in [3.63, 3.8) is 0 Å². The van der Waals surface area contributed by atoms with Gasteiger partial charge < -0.3 is 4.74 Å². The van der Waals surface area contributed by atoms with Crippen LogP contribution in [-0.4, -0.2) is 12.4 Å². The summed E-state index contributed by atoms with van der Waals surface area (Å²) in [7, 11) is 0. The SMILES string of the molecule is O=C(c1cc(F)c(F)c(F)c1)c1ccc2c(c1)CCO2. The zero-order valence-electron chi connectivity index (χ0n) is 10.3. The molecule has 3 rings (SSSR count). The molecule has 2 nitrogen and oxygen atoms in total. The number of hydrogen-bond donors (Lipinski definition) is 0. The van der Waals surface area contributed by atoms with Crippen molar-refractivity contribution in [3.05, 3.63) is 64.5 Å². The van der Waals surface area contributed by atoms with Crippen LogP contribution in [0.5, 0.6) is 5.75 Å². The molecule has 0 unspecified atom stereocenters. The fourth-order valence-corrected chi connectivity index (χ4v) is 2.18. The summed E-state index contributed by atoms with van der Waals surface area (Å²) >= 11 is 0. The van der Waals surface area contributed by atoms with Crippen molar-refractivity contribution in [2.24, 2.45) is 0 Å². The maximum Gasteiger partial charge on any atom is 0.194 e. The van der Waals surface area contributed by atoms with Gasteiger partial charge in [0.1, 0.15) is 5.75 Å². The average molecular weight is 278 g/mol. The van der Waals surface area contributed by atoms with Gasteiger partial charge in [-0.05, 0) is 35.9 Å². The van der Waals surface area contributed by atoms with Crippen molar-refractivity contribution in [2.75, 3.05) is 6.61 Å². The molecule has 0 bridgehead atoms. The Labute approximate surface area is 112 Å². The van der Waals surface area contributed by atoms with E-state index < -0.39 is 23.2 Å². The van der Waals surface area contributed by atoms with Gasteiger partial charge in [-0.15, -0.1) is 0 Å². The van der Waals surface area contributed by atoms with Crippen molar-refractivity contribution < 1.29 is 22.7 Å². The molecule has 1 aliphatic heterocycles. The highest BCUT2D eigenvalue weighted by molar-refractivity contribution is 6.09. The average Bonchev–Trinajstić information content (AvgIpc) is 2.90. The van der Waals surface area contributed by atoms with Gasteiger partial charge in [-0.3, -0.25) is 4.79 Å². The standard InChI is InChI=1S/C15H9F3O2/c16-11-6-10(7-12(17)14(11)18)15(19)9-1-2-13-8(5-9)3-4-20-13/h1-2,5-7H,3-4H2. The lowest BCUT2D eigenvalue weighted by Gasteiger charge is -2.05. The van der Waals surface area contributed by atoms with Gasteiger partial charge in [-0.2, -0.15) is 0 Å². The first-order chi connectivity index (χ1) is 9.56. The second-order valence-corrected chi connectivity index (χ2v) is 4.50. The van der Waals surface area contributed by atoms with Crippen LogP contribution >= 0.6 is 0 Å². The molecule has 0 saturated carbocycles. The van der Waals surface area contributed by atoms with Crippen molar-refractivity contribution >= 4 is 5.78 Å². The van der Waals surface area contributed by atoms with Crippen LogP contribution in [0.2, 0.25) is 0 Å². The molecule has 1 heterocycles. The van der Waals surface area contributed by atoms with Gasteiger partial charge in [-0.25, -0.2) is 13.2 Å². The molecule has 2 aromatic carbocycles. The van der Waals surface area contributed by atoms with Crippen LogP contribution in [0.25, 0.3) is 0 Å². The molecule has 1 aliphatic rings. The van der Waals surface area contributed by atoms with E-state index in [1.807, 2.05) is 0 Å². The molecule has 0 aliphatic carbocycles. The van der Waals surface area contributed by atoms with E-state index in [2.05, 4.69) is 0 Å². The summed E-state index contributed by atoms with van der Waals surface area (Å²) in [5.74, 6) is -4.19. The summed E-state index contributed by atoms with van der Waals surface area (Å²) in [6.07, 6.45) is 0.683. The van der Waals surface area contributed by atoms with E-state index in [4.69, 9.17) is 4.74 Å². The third-order valence-corrected chi connectivity index (χ3v) is 3.20. The number of carbonyl (C=O) groups is 1. The topological polar surface area (TPSA) is 26.3 Å². The molecule has 0 fully saturated rings. The van der Waals surface area contributed by atoms with Crippen LogP contribution in [0.4, 0.5) is 13.2 Å². The zero-order chi connectivity index (χ0) is 14.3. The van der Waals surface area contributed by atoms with Crippen LogP contribution in [0.1, 0.15) is 21.5 Å². The van der Waals surface area contributed by atoms with Gasteiger partial charge in [0.25, 0.3) is 0 Å². The van der Waals surface area contributed by atoms with Crippen LogP contribution in [-0.2, 0) is 6.42 Å². The van der Waals surface area contributed by atoms with Gasteiger partial charge in [0.05, 0.1) is 6.61 Å². The fourth-order valence-electron chi connectivity index (χ4n) is 2.18. The lowest BCUT2D eigenvalue weighted by Crippen LogP contribution is -2.05. The Kier molecular flexibility index (Phi) is 2.97. The number of hydrogen-bond acceptors (Lipinski definition) is 2. The molecule has 102 valence electrons. The van der Waals surface area contributed by atoms with Crippen LogP contribution in [0, 0.1) is 17.5 Å². The Morgan fingerprint density at radius 3 is 2.40 bits per heavy atom. The van der Waals surface area contributed by atoms with Gasteiger partial charge >= 0.3 is 0 Å². The van der Waals surface area contributed by atoms with Crippen molar-refractivity contribution in [2.45, 2.75) is 6.42 Å². The zero-order valence-corrected chi connectivity index (χ0v) is 10.3. The number of halogens is 3. The van der Waals surface area contributed by atoms with E-state index in [1.165, 1.54) is 6.07 Å². The van der Waals surface area contributed by atoms with E-state index >= 15 is 0 Å². The quantitative estimate of drug-likeness (QED) is 0.622. The first kappa shape index (κ1) is 12.7. The van der Waals surface area contributed by atoms with Gasteiger partial charge in [0.15, 0.2) is 23.2 Å². The van der Waals surface area contributed by atoms with Gasteiger partial charge in [0, 0.05) is 17.5 Å². The van der Waals surface area contributed by atoms with E-state index in [1.54, 1.807) is 12.1 Å². The fraction of sp³-hybridized carbons (Fsp3) is 0.133. The Morgan fingerprint density at radius 1 is 1.00 bits per heavy atom. The highest BCUT2D eigenvalue weighted by Crippen LogP contribution is 2.27. The molecule has 0 aromatic heterocycles. The second-order valence-electron chi connectivity index (χ2n) is 4.50. The van der Waals surface area contributed by atoms with Gasteiger partial charge in [-0.1, -0.05) is 0 Å². The predicted molar refractivity (Wildman–Crippen MR) is 65.4 cm³/mol. The lowest BCUT2D eigenvalue weighted by molar-refractivity contribution is 0.103. The predicted octanol–water partition coefficient (Wildman–Crippen LogP) is 3.27. The number of rotatable bonds is 2. The maximum atomic E-state index is 13.1. The van der Waals surface area contributed by atoms with Crippen molar-refractivity contribution in [1.82, 2.24) is 0 Å². The highest BCUT2D eigenvalue weighted by Gasteiger charge is 2.19. The van der Waals surface area contributed by atoms with Gasteiger partial charge in [0.2, 0.25) is 0 Å². The number of benzene rings is 2. The smallest absolute Gasteiger partial charge is 0.194 e. The molecular weight excluding hydrogens is 269 g/mol. The molecule has 2 aromatic rings. The van der Waals surface area contributed by atoms with Crippen LogP contribution in [0.3, 0.4) is 0 Å². The minimum absolute atomic E-state index is 0.222. The third kappa shape index (κ3) is 2.05. The Morgan fingerprint density at radius 2 is 1.70 bits per heavy atom. The molecule has 0 spiro atoms. The minimum atomic E-state index is -1.58. The number of carbonyl (C=O) groups excluding carboxylic acids is 1. The normalized spacial score (nSPS) is 12.9. The Balaban J connectivity index is 2.00. The number of ketones is 1.